The van der Waals surface area contributed by atoms with Crippen molar-refractivity contribution in [3.8, 4) is 16.9 Å². The Hall–Kier alpha value is -4.10. The van der Waals surface area contributed by atoms with Gasteiger partial charge in [0.2, 0.25) is 4.77 Å². The highest BCUT2D eigenvalue weighted by Gasteiger charge is 2.11. The van der Waals surface area contributed by atoms with Crippen LogP contribution in [0.15, 0.2) is 101 Å². The zero-order valence-corrected chi connectivity index (χ0v) is 17.2. The molecular weight excluding hydrogens is 406 g/mol. The van der Waals surface area contributed by atoms with Gasteiger partial charge >= 0.3 is 0 Å². The molecule has 5 aromatic rings. The maximum Gasteiger partial charge on any atom is 0.282 e. The van der Waals surface area contributed by atoms with Gasteiger partial charge in [0.15, 0.2) is 0 Å². The van der Waals surface area contributed by atoms with Crippen LogP contribution in [0.1, 0.15) is 5.56 Å². The fraction of sp³-hybridized carbons (Fsp3) is 0. The minimum absolute atomic E-state index is 0.233. The number of H-pyrrole nitrogens is 1. The van der Waals surface area contributed by atoms with Crippen molar-refractivity contribution >= 4 is 29.3 Å². The van der Waals surface area contributed by atoms with Crippen molar-refractivity contribution in [1.82, 2.24) is 19.4 Å². The molecule has 3 aromatic carbocycles. The van der Waals surface area contributed by atoms with Crippen LogP contribution >= 0.6 is 12.2 Å². The Balaban J connectivity index is 1.65. The molecule has 1 N–H and O–H groups in total. The number of hydrogen-bond donors (Lipinski definition) is 1. The highest BCUT2D eigenvalue weighted by molar-refractivity contribution is 7.71. The molecule has 0 saturated carbocycles. The topological polar surface area (TPSA) is 68.0 Å². The lowest BCUT2D eigenvalue weighted by molar-refractivity contribution is 0.800. The second-order valence-electron chi connectivity index (χ2n) is 6.92. The molecule has 0 bridgehead atoms. The third-order valence-electron chi connectivity index (χ3n) is 4.91. The van der Waals surface area contributed by atoms with Crippen molar-refractivity contribution in [2.24, 2.45) is 5.10 Å². The third-order valence-corrected chi connectivity index (χ3v) is 5.18. The molecule has 0 radical (unpaired) electrons. The minimum Gasteiger partial charge on any atom is -0.330 e. The first kappa shape index (κ1) is 18.9. The molecule has 31 heavy (non-hydrogen) atoms. The van der Waals surface area contributed by atoms with E-state index in [1.165, 1.54) is 4.68 Å². The van der Waals surface area contributed by atoms with Gasteiger partial charge in [-0.15, -0.1) is 0 Å². The Morgan fingerprint density at radius 2 is 1.58 bits per heavy atom. The first-order valence-electron chi connectivity index (χ1n) is 9.70. The summed E-state index contributed by atoms with van der Waals surface area (Å²) in [5.74, 6) is 0. The molecule has 0 amide bonds. The number of hydrogen-bond acceptors (Lipinski definition) is 4. The minimum atomic E-state index is -0.271. The number of aromatic amines is 1. The number of nitrogens with zero attached hydrogens (tertiary/aromatic N) is 4. The average Bonchev–Trinajstić information content (AvgIpc) is 3.24. The van der Waals surface area contributed by atoms with E-state index in [1.54, 1.807) is 17.0 Å². The predicted molar refractivity (Wildman–Crippen MR) is 125 cm³/mol. The van der Waals surface area contributed by atoms with E-state index >= 15 is 0 Å². The Morgan fingerprint density at radius 3 is 2.35 bits per heavy atom. The lowest BCUT2D eigenvalue weighted by atomic mass is 10.1. The van der Waals surface area contributed by atoms with E-state index in [0.717, 1.165) is 22.5 Å². The Morgan fingerprint density at radius 1 is 0.903 bits per heavy atom. The van der Waals surface area contributed by atoms with Gasteiger partial charge in [0.05, 0.1) is 22.8 Å². The maximum absolute atomic E-state index is 12.9. The molecule has 7 heteroatoms. The monoisotopic (exact) mass is 423 g/mol. The second kappa shape index (κ2) is 7.97. The van der Waals surface area contributed by atoms with Gasteiger partial charge in [-0.3, -0.25) is 4.79 Å². The Bertz CT molecular complexity index is 1510. The molecule has 6 nitrogen and oxygen atoms in total. The lowest BCUT2D eigenvalue weighted by Gasteiger charge is -2.02. The maximum atomic E-state index is 12.9. The van der Waals surface area contributed by atoms with E-state index in [0.29, 0.717) is 10.9 Å². The number of benzene rings is 3. The number of rotatable bonds is 4. The van der Waals surface area contributed by atoms with Crippen LogP contribution in [0.3, 0.4) is 0 Å². The summed E-state index contributed by atoms with van der Waals surface area (Å²) >= 11 is 5.36. The van der Waals surface area contributed by atoms with Crippen LogP contribution in [0.5, 0.6) is 0 Å². The zero-order valence-electron chi connectivity index (χ0n) is 16.3. The first-order chi connectivity index (χ1) is 15.2. The standard InChI is InChI=1S/C24H17N5OS/c30-23-20-13-7-8-14-21(20)26-24(31)29(23)25-15-18-16-28(19-11-5-2-6-12-19)27-22(18)17-9-3-1-4-10-17/h1-16H,(H,26,31)/b25-15+. The van der Waals surface area contributed by atoms with Gasteiger partial charge in [0.25, 0.3) is 5.56 Å². The van der Waals surface area contributed by atoms with E-state index in [9.17, 15) is 4.79 Å². The number of fused-ring (bicyclic) bond motifs is 1. The molecule has 0 aliphatic rings. The molecule has 0 fully saturated rings. The van der Waals surface area contributed by atoms with Gasteiger partial charge in [-0.1, -0.05) is 60.7 Å². The summed E-state index contributed by atoms with van der Waals surface area (Å²) in [6.07, 6.45) is 3.51. The van der Waals surface area contributed by atoms with Crippen LogP contribution in [-0.2, 0) is 0 Å². The van der Waals surface area contributed by atoms with E-state index in [2.05, 4.69) is 10.1 Å². The van der Waals surface area contributed by atoms with E-state index < -0.39 is 0 Å². The number of para-hydroxylation sites is 2. The van der Waals surface area contributed by atoms with Crippen LogP contribution in [0.4, 0.5) is 0 Å². The zero-order chi connectivity index (χ0) is 21.2. The second-order valence-corrected chi connectivity index (χ2v) is 7.30. The molecule has 2 heterocycles. The molecule has 0 saturated heterocycles. The van der Waals surface area contributed by atoms with Gasteiger partial charge < -0.3 is 4.98 Å². The van der Waals surface area contributed by atoms with Crippen molar-refractivity contribution in [2.45, 2.75) is 0 Å². The van der Waals surface area contributed by atoms with Crippen LogP contribution < -0.4 is 5.56 Å². The Labute approximate surface area is 182 Å². The number of nitrogens with one attached hydrogen (secondary N) is 1. The fourth-order valence-electron chi connectivity index (χ4n) is 3.39. The van der Waals surface area contributed by atoms with Gasteiger partial charge in [-0.05, 0) is 36.5 Å². The third kappa shape index (κ3) is 3.62. The molecule has 0 aliphatic carbocycles. The van der Waals surface area contributed by atoms with E-state index in [4.69, 9.17) is 17.3 Å². The van der Waals surface area contributed by atoms with Crippen molar-refractivity contribution < 1.29 is 0 Å². The summed E-state index contributed by atoms with van der Waals surface area (Å²) in [5.41, 5.74) is 3.83. The van der Waals surface area contributed by atoms with Gasteiger partial charge in [-0.25, -0.2) is 4.68 Å². The molecule has 0 spiro atoms. The van der Waals surface area contributed by atoms with Crippen LogP contribution in [0.2, 0.25) is 0 Å². The Kier molecular flexibility index (Phi) is 4.86. The molecule has 0 atom stereocenters. The fourth-order valence-corrected chi connectivity index (χ4v) is 3.63. The molecule has 150 valence electrons. The normalized spacial score (nSPS) is 11.4. The van der Waals surface area contributed by atoms with Crippen LogP contribution in [-0.4, -0.2) is 25.7 Å². The summed E-state index contributed by atoms with van der Waals surface area (Å²) < 4.78 is 3.23. The summed E-state index contributed by atoms with van der Waals surface area (Å²) in [7, 11) is 0. The van der Waals surface area contributed by atoms with Crippen LogP contribution in [0, 0.1) is 4.77 Å². The number of aromatic nitrogens is 4. The molecular formula is C24H17N5OS. The molecule has 0 unspecified atom stereocenters. The smallest absolute Gasteiger partial charge is 0.282 e. The molecule has 2 aromatic heterocycles. The average molecular weight is 424 g/mol. The van der Waals surface area contributed by atoms with E-state index in [-0.39, 0.29) is 10.3 Å². The molecule has 0 aliphatic heterocycles. The highest BCUT2D eigenvalue weighted by atomic mass is 32.1. The largest absolute Gasteiger partial charge is 0.330 e. The van der Waals surface area contributed by atoms with Gasteiger partial charge in [0, 0.05) is 17.3 Å². The first-order valence-corrected chi connectivity index (χ1v) is 10.1. The van der Waals surface area contributed by atoms with Crippen molar-refractivity contribution in [3.05, 3.63) is 112 Å². The lowest BCUT2D eigenvalue weighted by Crippen LogP contribution is -2.18. The summed E-state index contributed by atoms with van der Waals surface area (Å²) in [4.78, 5) is 15.9. The van der Waals surface area contributed by atoms with Crippen molar-refractivity contribution in [1.29, 1.82) is 0 Å². The van der Waals surface area contributed by atoms with Crippen LogP contribution in [0.25, 0.3) is 27.8 Å². The molecule has 5 rings (SSSR count). The van der Waals surface area contributed by atoms with Crippen molar-refractivity contribution in [2.75, 3.05) is 0 Å². The SMILES string of the molecule is O=c1c2ccccc2[nH]c(=S)n1/N=C/c1cn(-c2ccccc2)nc1-c1ccccc1. The summed E-state index contributed by atoms with van der Waals surface area (Å²) in [6, 6.07) is 26.9. The predicted octanol–water partition coefficient (Wildman–Crippen LogP) is 4.79. The van der Waals surface area contributed by atoms with Crippen molar-refractivity contribution in [3.63, 3.8) is 0 Å². The summed E-state index contributed by atoms with van der Waals surface area (Å²) in [5, 5.41) is 9.70. The summed E-state index contributed by atoms with van der Waals surface area (Å²) in [6.45, 7) is 0. The highest BCUT2D eigenvalue weighted by Crippen LogP contribution is 2.22. The van der Waals surface area contributed by atoms with Gasteiger partial charge in [0.1, 0.15) is 5.69 Å². The van der Waals surface area contributed by atoms with E-state index in [1.807, 2.05) is 85.1 Å². The van der Waals surface area contributed by atoms with Gasteiger partial charge in [-0.2, -0.15) is 14.9 Å². The quantitative estimate of drug-likeness (QED) is 0.334.